The van der Waals surface area contributed by atoms with Crippen LogP contribution in [0.1, 0.15) is 47.0 Å². The van der Waals surface area contributed by atoms with Crippen LogP contribution in [0, 0.1) is 0 Å². The molecule has 1 aromatic carbocycles. The van der Waals surface area contributed by atoms with Crippen molar-refractivity contribution in [1.29, 1.82) is 0 Å². The van der Waals surface area contributed by atoms with Gasteiger partial charge in [0.05, 0.1) is 17.9 Å². The van der Waals surface area contributed by atoms with Crippen LogP contribution in [0.15, 0.2) is 42.6 Å². The van der Waals surface area contributed by atoms with Crippen LogP contribution in [0.5, 0.6) is 0 Å². The molecule has 6 nitrogen and oxygen atoms in total. The molecule has 6 heteroatoms. The molecule has 1 aliphatic rings. The van der Waals surface area contributed by atoms with Crippen LogP contribution in [-0.4, -0.2) is 41.5 Å². The van der Waals surface area contributed by atoms with Gasteiger partial charge in [-0.3, -0.25) is 9.78 Å². The first-order chi connectivity index (χ1) is 12.7. The number of pyridine rings is 1. The van der Waals surface area contributed by atoms with Crippen molar-refractivity contribution in [2.45, 2.75) is 26.2 Å². The highest BCUT2D eigenvalue weighted by molar-refractivity contribution is 5.97. The maximum absolute atomic E-state index is 12.6. The Morgan fingerprint density at radius 3 is 2.69 bits per heavy atom. The standard InChI is InChI=1S/C20H23N3O3/c1-2-26-20(25)16-8-4-5-9-17(16)22-15-10-11-21-18(14-15)19(24)23-12-6-3-7-13-23/h4-5,8-11,14H,2-3,6-7,12-13H2,1H3,(H,21,22). The lowest BCUT2D eigenvalue weighted by Gasteiger charge is -2.26. The van der Waals surface area contributed by atoms with Gasteiger partial charge >= 0.3 is 5.97 Å². The smallest absolute Gasteiger partial charge is 0.340 e. The van der Waals surface area contributed by atoms with E-state index >= 15 is 0 Å². The van der Waals surface area contributed by atoms with E-state index < -0.39 is 0 Å². The number of carbonyl (C=O) groups is 2. The number of ether oxygens (including phenoxy) is 1. The zero-order valence-corrected chi connectivity index (χ0v) is 14.9. The summed E-state index contributed by atoms with van der Waals surface area (Å²) in [5.41, 5.74) is 2.20. The van der Waals surface area contributed by atoms with Gasteiger partial charge in [-0.25, -0.2) is 4.79 Å². The molecule has 3 rings (SSSR count). The zero-order valence-electron chi connectivity index (χ0n) is 14.9. The quantitative estimate of drug-likeness (QED) is 0.831. The van der Waals surface area contributed by atoms with E-state index in [0.29, 0.717) is 29.2 Å². The molecular formula is C20H23N3O3. The lowest BCUT2D eigenvalue weighted by molar-refractivity contribution is 0.0527. The molecule has 1 N–H and O–H groups in total. The average molecular weight is 353 g/mol. The van der Waals surface area contributed by atoms with Gasteiger partial charge < -0.3 is 15.0 Å². The topological polar surface area (TPSA) is 71.5 Å². The molecule has 2 aromatic rings. The monoisotopic (exact) mass is 353 g/mol. The summed E-state index contributed by atoms with van der Waals surface area (Å²) in [5, 5.41) is 3.20. The van der Waals surface area contributed by atoms with Crippen molar-refractivity contribution in [3.8, 4) is 0 Å². The Labute approximate surface area is 153 Å². The van der Waals surface area contributed by atoms with E-state index in [0.717, 1.165) is 25.9 Å². The molecular weight excluding hydrogens is 330 g/mol. The van der Waals surface area contributed by atoms with E-state index in [1.165, 1.54) is 6.42 Å². The highest BCUT2D eigenvalue weighted by Crippen LogP contribution is 2.22. The molecule has 0 atom stereocenters. The van der Waals surface area contributed by atoms with E-state index in [9.17, 15) is 9.59 Å². The van der Waals surface area contributed by atoms with Gasteiger partial charge in [-0.2, -0.15) is 0 Å². The minimum absolute atomic E-state index is 0.0490. The van der Waals surface area contributed by atoms with Crippen molar-refractivity contribution in [1.82, 2.24) is 9.88 Å². The van der Waals surface area contributed by atoms with Gasteiger partial charge in [0.1, 0.15) is 5.69 Å². The number of para-hydroxylation sites is 1. The summed E-state index contributed by atoms with van der Waals surface area (Å²) in [6.45, 7) is 3.65. The van der Waals surface area contributed by atoms with Crippen LogP contribution < -0.4 is 5.32 Å². The van der Waals surface area contributed by atoms with E-state index in [1.54, 1.807) is 43.5 Å². The lowest BCUT2D eigenvalue weighted by Crippen LogP contribution is -2.36. The fraction of sp³-hybridized carbons (Fsp3) is 0.350. The number of piperidine rings is 1. The van der Waals surface area contributed by atoms with Crippen LogP contribution >= 0.6 is 0 Å². The second-order valence-electron chi connectivity index (χ2n) is 6.17. The second kappa shape index (κ2) is 8.47. The SMILES string of the molecule is CCOC(=O)c1ccccc1Nc1ccnc(C(=O)N2CCCCC2)c1. The molecule has 0 aliphatic carbocycles. The molecule has 0 spiro atoms. The fourth-order valence-corrected chi connectivity index (χ4v) is 3.02. The number of rotatable bonds is 5. The summed E-state index contributed by atoms with van der Waals surface area (Å²) in [7, 11) is 0. The predicted octanol–water partition coefficient (Wildman–Crippen LogP) is 3.63. The number of likely N-dealkylation sites (tertiary alicyclic amines) is 1. The fourth-order valence-electron chi connectivity index (χ4n) is 3.02. The van der Waals surface area contributed by atoms with Crippen molar-refractivity contribution in [3.63, 3.8) is 0 Å². The number of nitrogens with zero attached hydrogens (tertiary/aromatic N) is 2. The normalized spacial score (nSPS) is 14.0. The molecule has 1 aliphatic heterocycles. The van der Waals surface area contributed by atoms with Gasteiger partial charge in [-0.05, 0) is 50.5 Å². The van der Waals surface area contributed by atoms with Crippen molar-refractivity contribution in [2.75, 3.05) is 25.0 Å². The number of aromatic nitrogens is 1. The summed E-state index contributed by atoms with van der Waals surface area (Å²) < 4.78 is 5.10. The number of hydrogen-bond donors (Lipinski definition) is 1. The zero-order chi connectivity index (χ0) is 18.4. The van der Waals surface area contributed by atoms with Crippen LogP contribution in [0.3, 0.4) is 0 Å². The molecule has 1 aromatic heterocycles. The number of anilines is 2. The molecule has 136 valence electrons. The first kappa shape index (κ1) is 17.9. The molecule has 1 amide bonds. The first-order valence-corrected chi connectivity index (χ1v) is 8.97. The molecule has 0 saturated carbocycles. The Balaban J connectivity index is 1.79. The van der Waals surface area contributed by atoms with Gasteiger partial charge in [0.2, 0.25) is 0 Å². The van der Waals surface area contributed by atoms with E-state index in [1.807, 2.05) is 11.0 Å². The molecule has 0 bridgehead atoms. The van der Waals surface area contributed by atoms with E-state index in [2.05, 4.69) is 10.3 Å². The van der Waals surface area contributed by atoms with Gasteiger partial charge in [-0.1, -0.05) is 12.1 Å². The molecule has 2 heterocycles. The van der Waals surface area contributed by atoms with Crippen LogP contribution in [-0.2, 0) is 4.74 Å². The third-order valence-corrected chi connectivity index (χ3v) is 4.32. The maximum Gasteiger partial charge on any atom is 0.340 e. The summed E-state index contributed by atoms with van der Waals surface area (Å²) in [6.07, 6.45) is 4.85. The Morgan fingerprint density at radius 2 is 1.92 bits per heavy atom. The summed E-state index contributed by atoms with van der Waals surface area (Å²) in [4.78, 5) is 30.8. The molecule has 1 fully saturated rings. The van der Waals surface area contributed by atoms with Gasteiger partial charge in [0.15, 0.2) is 0 Å². The second-order valence-corrected chi connectivity index (χ2v) is 6.17. The number of esters is 1. The third kappa shape index (κ3) is 4.20. The summed E-state index contributed by atoms with van der Waals surface area (Å²) >= 11 is 0. The van der Waals surface area contributed by atoms with Crippen molar-refractivity contribution < 1.29 is 14.3 Å². The Kier molecular flexibility index (Phi) is 5.84. The van der Waals surface area contributed by atoms with Crippen LogP contribution in [0.2, 0.25) is 0 Å². The van der Waals surface area contributed by atoms with Crippen LogP contribution in [0.25, 0.3) is 0 Å². The predicted molar refractivity (Wildman–Crippen MR) is 99.7 cm³/mol. The average Bonchev–Trinajstić information content (AvgIpc) is 2.69. The molecule has 1 saturated heterocycles. The van der Waals surface area contributed by atoms with Crippen molar-refractivity contribution in [3.05, 3.63) is 53.9 Å². The number of nitrogens with one attached hydrogen (secondary N) is 1. The highest BCUT2D eigenvalue weighted by Gasteiger charge is 2.19. The first-order valence-electron chi connectivity index (χ1n) is 8.97. The van der Waals surface area contributed by atoms with Gasteiger partial charge in [-0.15, -0.1) is 0 Å². The van der Waals surface area contributed by atoms with Crippen LogP contribution in [0.4, 0.5) is 11.4 Å². The Hall–Kier alpha value is -2.89. The summed E-state index contributed by atoms with van der Waals surface area (Å²) in [5.74, 6) is -0.429. The van der Waals surface area contributed by atoms with Crippen molar-refractivity contribution >= 4 is 23.3 Å². The summed E-state index contributed by atoms with van der Waals surface area (Å²) in [6, 6.07) is 10.6. The molecule has 26 heavy (non-hydrogen) atoms. The van der Waals surface area contributed by atoms with E-state index in [-0.39, 0.29) is 11.9 Å². The highest BCUT2D eigenvalue weighted by atomic mass is 16.5. The molecule has 0 radical (unpaired) electrons. The lowest BCUT2D eigenvalue weighted by atomic mass is 10.1. The Morgan fingerprint density at radius 1 is 1.15 bits per heavy atom. The third-order valence-electron chi connectivity index (χ3n) is 4.32. The number of carbonyl (C=O) groups excluding carboxylic acids is 2. The van der Waals surface area contributed by atoms with Crippen molar-refractivity contribution in [2.24, 2.45) is 0 Å². The number of benzene rings is 1. The maximum atomic E-state index is 12.6. The minimum Gasteiger partial charge on any atom is -0.462 e. The Bertz CT molecular complexity index is 785. The number of amides is 1. The van der Waals surface area contributed by atoms with Gasteiger partial charge in [0, 0.05) is 25.0 Å². The van der Waals surface area contributed by atoms with Gasteiger partial charge in [0.25, 0.3) is 5.91 Å². The molecule has 0 unspecified atom stereocenters. The number of hydrogen-bond acceptors (Lipinski definition) is 5. The minimum atomic E-state index is -0.380. The largest absolute Gasteiger partial charge is 0.462 e. The van der Waals surface area contributed by atoms with E-state index in [4.69, 9.17) is 4.74 Å².